The number of ether oxygens (including phenoxy) is 1. The second kappa shape index (κ2) is 5.81. The lowest BCUT2D eigenvalue weighted by Gasteiger charge is -2.12. The summed E-state index contributed by atoms with van der Waals surface area (Å²) in [4.78, 5) is 0.132. The first-order valence-electron chi connectivity index (χ1n) is 5.74. The molecular weight excluding hydrogens is 301 g/mol. The van der Waals surface area contributed by atoms with E-state index in [4.69, 9.17) is 16.3 Å². The third-order valence-corrected chi connectivity index (χ3v) is 4.65. The van der Waals surface area contributed by atoms with Crippen molar-refractivity contribution < 1.29 is 22.1 Å². The second-order valence-electron chi connectivity index (χ2n) is 4.29. The Kier molecular flexibility index (Phi) is 4.53. The second-order valence-corrected chi connectivity index (χ2v) is 6.19. The summed E-state index contributed by atoms with van der Waals surface area (Å²) in [5.41, 5.74) is -0.952. The van der Waals surface area contributed by atoms with Crippen molar-refractivity contribution in [2.75, 3.05) is 12.4 Å². The van der Waals surface area contributed by atoms with E-state index in [2.05, 4.69) is 0 Å². The normalized spacial score (nSPS) is 21.6. The smallest absolute Gasteiger partial charge is 0.377 e. The molecular formula is C12H12ClF3O2S. The van der Waals surface area contributed by atoms with Crippen LogP contribution in [-0.2, 0) is 21.7 Å². The monoisotopic (exact) mass is 312 g/mol. The summed E-state index contributed by atoms with van der Waals surface area (Å²) in [7, 11) is -1.51. The van der Waals surface area contributed by atoms with Crippen LogP contribution in [0, 0.1) is 0 Å². The van der Waals surface area contributed by atoms with Gasteiger partial charge in [-0.15, -0.1) is 0 Å². The van der Waals surface area contributed by atoms with Gasteiger partial charge in [-0.1, -0.05) is 11.6 Å². The summed E-state index contributed by atoms with van der Waals surface area (Å²) >= 11 is 5.51. The Morgan fingerprint density at radius 2 is 2.16 bits per heavy atom. The van der Waals surface area contributed by atoms with Gasteiger partial charge in [0.05, 0.1) is 33.2 Å². The van der Waals surface area contributed by atoms with E-state index in [1.165, 1.54) is 6.07 Å². The van der Waals surface area contributed by atoms with Crippen LogP contribution in [0.3, 0.4) is 0 Å². The fraction of sp³-hybridized carbons (Fsp3) is 0.500. The molecule has 2 atom stereocenters. The summed E-state index contributed by atoms with van der Waals surface area (Å²) < 4.78 is 55.4. The summed E-state index contributed by atoms with van der Waals surface area (Å²) in [6, 6.07) is 3.35. The minimum Gasteiger partial charge on any atom is -0.377 e. The topological polar surface area (TPSA) is 26.3 Å². The number of halogens is 4. The lowest BCUT2D eigenvalue weighted by Crippen LogP contribution is -2.16. The lowest BCUT2D eigenvalue weighted by atomic mass is 10.2. The molecule has 106 valence electrons. The van der Waals surface area contributed by atoms with Crippen molar-refractivity contribution in [1.82, 2.24) is 0 Å². The molecule has 0 spiro atoms. The van der Waals surface area contributed by atoms with Gasteiger partial charge >= 0.3 is 6.18 Å². The number of hydrogen-bond acceptors (Lipinski definition) is 2. The summed E-state index contributed by atoms with van der Waals surface area (Å²) in [6.45, 7) is 0.621. The minimum absolute atomic E-state index is 0.132. The molecule has 0 N–H and O–H groups in total. The zero-order chi connectivity index (χ0) is 14.0. The number of hydrogen-bond donors (Lipinski definition) is 0. The molecule has 0 amide bonds. The molecule has 0 aromatic heterocycles. The molecule has 0 saturated carbocycles. The Hall–Kier alpha value is -0.590. The van der Waals surface area contributed by atoms with E-state index in [1.807, 2.05) is 0 Å². The van der Waals surface area contributed by atoms with Crippen LogP contribution in [0.5, 0.6) is 0 Å². The maximum Gasteiger partial charge on any atom is 0.417 e. The quantitative estimate of drug-likeness (QED) is 0.851. The summed E-state index contributed by atoms with van der Waals surface area (Å²) in [5.74, 6) is 0.221. The molecule has 19 heavy (non-hydrogen) atoms. The maximum absolute atomic E-state index is 12.7. The molecule has 2 nitrogen and oxygen atoms in total. The Morgan fingerprint density at radius 1 is 1.42 bits per heavy atom. The molecule has 2 rings (SSSR count). The standard InChI is InChI=1S/C12H12ClF3O2S/c13-11-4-3-9(6-10(11)12(14,15)16)19(17)7-8-2-1-5-18-8/h3-4,6,8H,1-2,5,7H2/t8-,19+/m0/s1. The molecule has 0 bridgehead atoms. The van der Waals surface area contributed by atoms with E-state index in [9.17, 15) is 17.4 Å². The van der Waals surface area contributed by atoms with Crippen LogP contribution in [0.25, 0.3) is 0 Å². The van der Waals surface area contributed by atoms with Gasteiger partial charge < -0.3 is 4.74 Å². The van der Waals surface area contributed by atoms with Crippen LogP contribution in [0.2, 0.25) is 5.02 Å². The molecule has 1 heterocycles. The highest BCUT2D eigenvalue weighted by Gasteiger charge is 2.34. The van der Waals surface area contributed by atoms with Crippen LogP contribution in [0.15, 0.2) is 23.1 Å². The van der Waals surface area contributed by atoms with Crippen molar-refractivity contribution in [3.8, 4) is 0 Å². The summed E-state index contributed by atoms with van der Waals surface area (Å²) in [5, 5.41) is -0.384. The summed E-state index contributed by atoms with van der Waals surface area (Å²) in [6.07, 6.45) is -2.98. The highest BCUT2D eigenvalue weighted by atomic mass is 35.5. The predicted octanol–water partition coefficient (Wildman–Crippen LogP) is 3.65. The Labute approximate surface area is 116 Å². The van der Waals surface area contributed by atoms with Crippen molar-refractivity contribution >= 4 is 22.4 Å². The van der Waals surface area contributed by atoms with Crippen molar-refractivity contribution in [3.05, 3.63) is 28.8 Å². The van der Waals surface area contributed by atoms with Crippen molar-refractivity contribution in [1.29, 1.82) is 0 Å². The average Bonchev–Trinajstić information content (AvgIpc) is 2.80. The lowest BCUT2D eigenvalue weighted by molar-refractivity contribution is -0.137. The number of benzene rings is 1. The van der Waals surface area contributed by atoms with Crippen LogP contribution in [-0.4, -0.2) is 22.7 Å². The molecule has 1 fully saturated rings. The molecule has 7 heteroatoms. The van der Waals surface area contributed by atoms with Crippen molar-refractivity contribution in [2.24, 2.45) is 0 Å². The zero-order valence-electron chi connectivity index (χ0n) is 9.87. The van der Waals surface area contributed by atoms with Crippen LogP contribution in [0.1, 0.15) is 18.4 Å². The molecule has 0 radical (unpaired) electrons. The minimum atomic E-state index is -4.54. The van der Waals surface area contributed by atoms with E-state index >= 15 is 0 Å². The predicted molar refractivity (Wildman–Crippen MR) is 66.7 cm³/mol. The number of alkyl halides is 3. The van der Waals surface area contributed by atoms with Crippen LogP contribution in [0.4, 0.5) is 13.2 Å². The molecule has 1 aromatic carbocycles. The van der Waals surface area contributed by atoms with E-state index in [1.54, 1.807) is 0 Å². The van der Waals surface area contributed by atoms with Gasteiger partial charge in [-0.05, 0) is 31.0 Å². The Bertz CT molecular complexity index is 484. The molecule has 1 aliphatic rings. The maximum atomic E-state index is 12.7. The largest absolute Gasteiger partial charge is 0.417 e. The third-order valence-electron chi connectivity index (χ3n) is 2.87. The van der Waals surface area contributed by atoms with Gasteiger partial charge in [-0.3, -0.25) is 4.21 Å². The Balaban J connectivity index is 2.18. The highest BCUT2D eigenvalue weighted by Crippen LogP contribution is 2.35. The first kappa shape index (κ1) is 14.8. The molecule has 0 unspecified atom stereocenters. The van der Waals surface area contributed by atoms with Gasteiger partial charge in [0.1, 0.15) is 0 Å². The highest BCUT2D eigenvalue weighted by molar-refractivity contribution is 7.85. The van der Waals surface area contributed by atoms with Crippen molar-refractivity contribution in [3.63, 3.8) is 0 Å². The van der Waals surface area contributed by atoms with Gasteiger partial charge in [-0.25, -0.2) is 0 Å². The molecule has 1 aromatic rings. The first-order valence-corrected chi connectivity index (χ1v) is 7.44. The van der Waals surface area contributed by atoms with Crippen molar-refractivity contribution in [2.45, 2.75) is 30.0 Å². The zero-order valence-corrected chi connectivity index (χ0v) is 11.4. The molecule has 1 aliphatic heterocycles. The van der Waals surface area contributed by atoms with Gasteiger partial charge in [-0.2, -0.15) is 13.2 Å². The van der Waals surface area contributed by atoms with Gasteiger partial charge in [0, 0.05) is 11.5 Å². The van der Waals surface area contributed by atoms with Crippen LogP contribution >= 0.6 is 11.6 Å². The molecule has 1 saturated heterocycles. The fourth-order valence-corrected chi connectivity index (χ4v) is 3.39. The average molecular weight is 313 g/mol. The Morgan fingerprint density at radius 3 is 2.74 bits per heavy atom. The van der Waals surface area contributed by atoms with E-state index in [-0.39, 0.29) is 21.8 Å². The molecule has 0 aliphatic carbocycles. The SMILES string of the molecule is O=[S@](C[C@@H]1CCCO1)c1ccc(Cl)c(C(F)(F)F)c1. The van der Waals surface area contributed by atoms with E-state index < -0.39 is 22.5 Å². The van der Waals surface area contributed by atoms with Gasteiger partial charge in [0.15, 0.2) is 0 Å². The van der Waals surface area contributed by atoms with Gasteiger partial charge in [0.25, 0.3) is 0 Å². The number of rotatable bonds is 3. The third kappa shape index (κ3) is 3.70. The van der Waals surface area contributed by atoms with Crippen LogP contribution < -0.4 is 0 Å². The van der Waals surface area contributed by atoms with Gasteiger partial charge in [0.2, 0.25) is 0 Å². The van der Waals surface area contributed by atoms with E-state index in [0.29, 0.717) is 6.61 Å². The first-order chi connectivity index (χ1) is 8.88. The van der Waals surface area contributed by atoms with E-state index in [0.717, 1.165) is 25.0 Å². The fourth-order valence-electron chi connectivity index (χ4n) is 1.90.